The molecule has 0 fully saturated rings. The highest BCUT2D eigenvalue weighted by molar-refractivity contribution is 7.12. The van der Waals surface area contributed by atoms with Gasteiger partial charge in [-0.15, -0.1) is 11.3 Å². The SMILES string of the molecule is CC(=O)NC(CC(=O)Oc1ccc(NC(=O)c2cccs2)cc1)c1ccc(C)cc1. The lowest BCUT2D eigenvalue weighted by Gasteiger charge is -2.18. The van der Waals surface area contributed by atoms with Crippen molar-refractivity contribution in [2.45, 2.75) is 26.3 Å². The van der Waals surface area contributed by atoms with Crippen LogP contribution in [0.2, 0.25) is 0 Å². The molecular weight excluding hydrogens is 400 g/mol. The first-order chi connectivity index (χ1) is 14.4. The van der Waals surface area contributed by atoms with Crippen LogP contribution >= 0.6 is 11.3 Å². The van der Waals surface area contributed by atoms with E-state index in [4.69, 9.17) is 4.74 Å². The summed E-state index contributed by atoms with van der Waals surface area (Å²) < 4.78 is 5.40. The molecule has 0 aliphatic heterocycles. The van der Waals surface area contributed by atoms with Crippen LogP contribution in [0, 0.1) is 6.92 Å². The Morgan fingerprint density at radius 1 is 1.00 bits per heavy atom. The van der Waals surface area contributed by atoms with Gasteiger partial charge in [-0.1, -0.05) is 35.9 Å². The molecule has 0 bridgehead atoms. The van der Waals surface area contributed by atoms with Crippen LogP contribution in [0.5, 0.6) is 5.75 Å². The Bertz CT molecular complexity index is 1010. The van der Waals surface area contributed by atoms with Gasteiger partial charge in [-0.3, -0.25) is 14.4 Å². The van der Waals surface area contributed by atoms with Crippen molar-refractivity contribution < 1.29 is 19.1 Å². The molecule has 3 rings (SSSR count). The topological polar surface area (TPSA) is 84.5 Å². The quantitative estimate of drug-likeness (QED) is 0.434. The van der Waals surface area contributed by atoms with Gasteiger partial charge in [-0.25, -0.2) is 0 Å². The van der Waals surface area contributed by atoms with Crippen molar-refractivity contribution in [3.63, 3.8) is 0 Å². The summed E-state index contributed by atoms with van der Waals surface area (Å²) in [5, 5.41) is 7.41. The van der Waals surface area contributed by atoms with Crippen LogP contribution in [0.15, 0.2) is 66.0 Å². The van der Waals surface area contributed by atoms with Gasteiger partial charge in [-0.2, -0.15) is 0 Å². The van der Waals surface area contributed by atoms with Crippen LogP contribution in [-0.4, -0.2) is 17.8 Å². The number of rotatable bonds is 7. The summed E-state index contributed by atoms with van der Waals surface area (Å²) in [4.78, 5) is 36.7. The van der Waals surface area contributed by atoms with Gasteiger partial charge in [-0.05, 0) is 48.2 Å². The van der Waals surface area contributed by atoms with E-state index in [-0.39, 0.29) is 18.2 Å². The maximum absolute atomic E-state index is 12.4. The molecule has 0 radical (unpaired) electrons. The summed E-state index contributed by atoms with van der Waals surface area (Å²) in [5.41, 5.74) is 2.53. The highest BCUT2D eigenvalue weighted by Crippen LogP contribution is 2.21. The molecule has 0 saturated heterocycles. The van der Waals surface area contributed by atoms with Gasteiger partial charge in [0.15, 0.2) is 0 Å². The predicted octanol–water partition coefficient (Wildman–Crippen LogP) is 4.48. The van der Waals surface area contributed by atoms with Gasteiger partial charge >= 0.3 is 5.97 Å². The molecular formula is C23H22N2O4S. The molecule has 2 N–H and O–H groups in total. The normalized spacial score (nSPS) is 11.4. The Morgan fingerprint density at radius 3 is 2.30 bits per heavy atom. The lowest BCUT2D eigenvalue weighted by atomic mass is 10.0. The summed E-state index contributed by atoms with van der Waals surface area (Å²) in [5.74, 6) is -0.519. The summed E-state index contributed by atoms with van der Waals surface area (Å²) in [7, 11) is 0. The number of nitrogens with one attached hydrogen (secondary N) is 2. The van der Waals surface area contributed by atoms with Gasteiger partial charge in [0, 0.05) is 12.6 Å². The average Bonchev–Trinajstić information content (AvgIpc) is 3.24. The van der Waals surface area contributed by atoms with Crippen LogP contribution < -0.4 is 15.4 Å². The van der Waals surface area contributed by atoms with E-state index in [1.54, 1.807) is 30.3 Å². The average molecular weight is 423 g/mol. The Balaban J connectivity index is 1.60. The molecule has 154 valence electrons. The van der Waals surface area contributed by atoms with Crippen LogP contribution in [-0.2, 0) is 9.59 Å². The standard InChI is InChI=1S/C23H22N2O4S/c1-15-5-7-17(8-6-15)20(24-16(2)26)14-22(27)29-19-11-9-18(10-12-19)25-23(28)21-4-3-13-30-21/h3-13,20H,14H2,1-2H3,(H,24,26)(H,25,28). The van der Waals surface area contributed by atoms with Crippen molar-refractivity contribution in [3.8, 4) is 5.75 Å². The molecule has 0 saturated carbocycles. The molecule has 1 aromatic heterocycles. The predicted molar refractivity (Wildman–Crippen MR) is 117 cm³/mol. The lowest BCUT2D eigenvalue weighted by molar-refractivity contribution is -0.135. The molecule has 7 heteroatoms. The summed E-state index contributed by atoms with van der Waals surface area (Å²) >= 11 is 1.36. The minimum Gasteiger partial charge on any atom is -0.426 e. The third-order valence-corrected chi connectivity index (χ3v) is 5.19. The number of carbonyl (C=O) groups is 3. The zero-order valence-electron chi connectivity index (χ0n) is 16.7. The van der Waals surface area contributed by atoms with Crippen LogP contribution in [0.1, 0.15) is 40.2 Å². The lowest BCUT2D eigenvalue weighted by Crippen LogP contribution is -2.29. The van der Waals surface area contributed by atoms with Gasteiger partial charge in [0.25, 0.3) is 5.91 Å². The Labute approximate surface area is 178 Å². The first-order valence-corrected chi connectivity index (χ1v) is 10.3. The second-order valence-electron chi connectivity index (χ2n) is 6.80. The number of thiophene rings is 1. The third kappa shape index (κ3) is 6.02. The molecule has 0 spiro atoms. The minimum absolute atomic E-state index is 0.000490. The van der Waals surface area contributed by atoms with Crippen LogP contribution in [0.3, 0.4) is 0 Å². The zero-order chi connectivity index (χ0) is 21.5. The van der Waals surface area contributed by atoms with Crippen molar-refractivity contribution in [2.24, 2.45) is 0 Å². The summed E-state index contributed by atoms with van der Waals surface area (Å²) in [6.07, 6.45) is -0.000490. The first-order valence-electron chi connectivity index (χ1n) is 9.40. The Morgan fingerprint density at radius 2 is 1.70 bits per heavy atom. The van der Waals surface area contributed by atoms with Crippen molar-refractivity contribution in [1.82, 2.24) is 5.32 Å². The Kier molecular flexibility index (Phi) is 6.98. The number of aryl methyl sites for hydroxylation is 1. The van der Waals surface area contributed by atoms with E-state index in [1.807, 2.05) is 42.6 Å². The molecule has 2 aromatic carbocycles. The zero-order valence-corrected chi connectivity index (χ0v) is 17.5. The number of ether oxygens (including phenoxy) is 1. The number of anilines is 1. The largest absolute Gasteiger partial charge is 0.426 e. The van der Waals surface area contributed by atoms with Crippen molar-refractivity contribution in [2.75, 3.05) is 5.32 Å². The molecule has 1 heterocycles. The highest BCUT2D eigenvalue weighted by Gasteiger charge is 2.18. The Hall–Kier alpha value is -3.45. The maximum atomic E-state index is 12.4. The van der Waals surface area contributed by atoms with E-state index in [2.05, 4.69) is 10.6 Å². The molecule has 1 unspecified atom stereocenters. The van der Waals surface area contributed by atoms with Crippen molar-refractivity contribution in [1.29, 1.82) is 0 Å². The molecule has 6 nitrogen and oxygen atoms in total. The van der Waals surface area contributed by atoms with E-state index in [0.29, 0.717) is 16.3 Å². The molecule has 0 aliphatic rings. The summed E-state index contributed by atoms with van der Waals surface area (Å²) in [6.45, 7) is 3.38. The molecule has 0 aliphatic carbocycles. The molecule has 3 aromatic rings. The third-order valence-electron chi connectivity index (χ3n) is 4.32. The minimum atomic E-state index is -0.472. The van der Waals surface area contributed by atoms with Crippen LogP contribution in [0.4, 0.5) is 5.69 Å². The second-order valence-corrected chi connectivity index (χ2v) is 7.75. The molecule has 2 amide bonds. The van der Waals surface area contributed by atoms with E-state index < -0.39 is 12.0 Å². The van der Waals surface area contributed by atoms with E-state index >= 15 is 0 Å². The van der Waals surface area contributed by atoms with Crippen molar-refractivity contribution in [3.05, 3.63) is 82.0 Å². The van der Waals surface area contributed by atoms with E-state index in [1.165, 1.54) is 18.3 Å². The first kappa shape index (κ1) is 21.3. The molecule has 1 atom stereocenters. The van der Waals surface area contributed by atoms with E-state index in [0.717, 1.165) is 11.1 Å². The number of esters is 1. The monoisotopic (exact) mass is 422 g/mol. The molecule has 30 heavy (non-hydrogen) atoms. The number of hydrogen-bond acceptors (Lipinski definition) is 5. The van der Waals surface area contributed by atoms with Gasteiger partial charge in [0.2, 0.25) is 5.91 Å². The fourth-order valence-electron chi connectivity index (χ4n) is 2.84. The smallest absolute Gasteiger partial charge is 0.313 e. The second kappa shape index (κ2) is 9.84. The van der Waals surface area contributed by atoms with Crippen LogP contribution in [0.25, 0.3) is 0 Å². The highest BCUT2D eigenvalue weighted by atomic mass is 32.1. The van der Waals surface area contributed by atoms with Gasteiger partial charge < -0.3 is 15.4 Å². The summed E-state index contributed by atoms with van der Waals surface area (Å²) in [6, 6.07) is 17.3. The number of hydrogen-bond donors (Lipinski definition) is 2. The number of benzene rings is 2. The number of amides is 2. The van der Waals surface area contributed by atoms with Gasteiger partial charge in [0.1, 0.15) is 5.75 Å². The van der Waals surface area contributed by atoms with E-state index in [9.17, 15) is 14.4 Å². The maximum Gasteiger partial charge on any atom is 0.313 e. The number of carbonyl (C=O) groups excluding carboxylic acids is 3. The fraction of sp³-hybridized carbons (Fsp3) is 0.174. The van der Waals surface area contributed by atoms with Crippen molar-refractivity contribution >= 4 is 34.8 Å². The van der Waals surface area contributed by atoms with Gasteiger partial charge in [0.05, 0.1) is 17.3 Å². The fourth-order valence-corrected chi connectivity index (χ4v) is 3.46.